The van der Waals surface area contributed by atoms with Crippen LogP contribution in [0.4, 0.5) is 10.1 Å². The molecule has 3 saturated heterocycles. The summed E-state index contributed by atoms with van der Waals surface area (Å²) in [6, 6.07) is 16.8. The Morgan fingerprint density at radius 1 is 1.15 bits per heavy atom. The quantitative estimate of drug-likeness (QED) is 0.605. The normalized spacial score (nSPS) is 23.6. The van der Waals surface area contributed by atoms with E-state index in [0.717, 1.165) is 42.9 Å². The molecule has 1 unspecified atom stereocenters. The molecule has 0 radical (unpaired) electrons. The van der Waals surface area contributed by atoms with Crippen molar-refractivity contribution < 1.29 is 9.18 Å². The molecule has 178 valence electrons. The SMILES string of the molecule is CN(C)c1ccc(C(=O)NC[C@H]2C[C@@H]3CCN2C[C@H]3c2cc(-c3ccc(F)cc3)nn2C)cc1. The molecule has 4 heterocycles. The zero-order chi connectivity index (χ0) is 23.8. The fourth-order valence-corrected chi connectivity index (χ4v) is 5.50. The molecule has 0 spiro atoms. The Bertz CT molecular complexity index is 1150. The lowest BCUT2D eigenvalue weighted by Gasteiger charge is -2.50. The smallest absolute Gasteiger partial charge is 0.251 e. The molecule has 3 aliphatic rings. The predicted molar refractivity (Wildman–Crippen MR) is 133 cm³/mol. The highest BCUT2D eigenvalue weighted by molar-refractivity contribution is 5.94. The number of carbonyl (C=O) groups is 1. The molecule has 0 aliphatic carbocycles. The Hall–Kier alpha value is -3.19. The Kier molecular flexibility index (Phi) is 6.13. The van der Waals surface area contributed by atoms with Gasteiger partial charge in [0.2, 0.25) is 0 Å². The number of nitrogens with one attached hydrogen (secondary N) is 1. The zero-order valence-corrected chi connectivity index (χ0v) is 20.0. The second-order valence-electron chi connectivity index (χ2n) is 9.78. The minimum absolute atomic E-state index is 0.0138. The molecule has 3 fully saturated rings. The summed E-state index contributed by atoms with van der Waals surface area (Å²) >= 11 is 0. The van der Waals surface area contributed by atoms with Crippen molar-refractivity contribution in [3.8, 4) is 11.3 Å². The maximum Gasteiger partial charge on any atom is 0.251 e. The summed E-state index contributed by atoms with van der Waals surface area (Å²) in [5.41, 5.74) is 4.83. The fraction of sp³-hybridized carbons (Fsp3) is 0.407. The van der Waals surface area contributed by atoms with Crippen LogP contribution in [0.2, 0.25) is 0 Å². The molecular formula is C27H32FN5O. The highest BCUT2D eigenvalue weighted by atomic mass is 19.1. The van der Waals surface area contributed by atoms with Crippen LogP contribution in [0.25, 0.3) is 11.3 Å². The van der Waals surface area contributed by atoms with Gasteiger partial charge in [0.15, 0.2) is 0 Å². The van der Waals surface area contributed by atoms with Gasteiger partial charge in [0, 0.05) is 68.7 Å². The molecule has 1 amide bonds. The summed E-state index contributed by atoms with van der Waals surface area (Å²) in [6.07, 6.45) is 2.24. The predicted octanol–water partition coefficient (Wildman–Crippen LogP) is 3.90. The van der Waals surface area contributed by atoms with Crippen LogP contribution < -0.4 is 10.2 Å². The molecule has 3 aromatic rings. The molecule has 6 rings (SSSR count). The van der Waals surface area contributed by atoms with Crippen molar-refractivity contribution in [2.45, 2.75) is 24.8 Å². The van der Waals surface area contributed by atoms with Crippen molar-refractivity contribution in [3.05, 3.63) is 71.7 Å². The van der Waals surface area contributed by atoms with E-state index < -0.39 is 0 Å². The van der Waals surface area contributed by atoms with Crippen molar-refractivity contribution in [2.75, 3.05) is 38.6 Å². The van der Waals surface area contributed by atoms with E-state index in [1.807, 2.05) is 55.0 Å². The number of aromatic nitrogens is 2. The minimum atomic E-state index is -0.235. The van der Waals surface area contributed by atoms with E-state index >= 15 is 0 Å². The van der Waals surface area contributed by atoms with Gasteiger partial charge in [0.25, 0.3) is 5.91 Å². The molecule has 7 heteroatoms. The highest BCUT2D eigenvalue weighted by Gasteiger charge is 2.41. The van der Waals surface area contributed by atoms with Gasteiger partial charge in [-0.25, -0.2) is 4.39 Å². The number of fused-ring (bicyclic) bond motifs is 3. The average Bonchev–Trinajstić information content (AvgIpc) is 3.24. The molecule has 34 heavy (non-hydrogen) atoms. The lowest BCUT2D eigenvalue weighted by Crippen LogP contribution is -2.56. The Balaban J connectivity index is 1.22. The van der Waals surface area contributed by atoms with E-state index in [1.54, 1.807) is 12.1 Å². The summed E-state index contributed by atoms with van der Waals surface area (Å²) in [5, 5.41) is 7.87. The first-order valence-electron chi connectivity index (χ1n) is 12.0. The third kappa shape index (κ3) is 4.44. The number of rotatable bonds is 6. The standard InChI is InChI=1S/C27H32FN5O/c1-31(2)22-10-6-19(7-11-22)27(34)29-16-23-14-20-12-13-33(23)17-24(20)26-15-25(30-32(26)3)18-4-8-21(28)9-5-18/h4-11,15,20,23-24H,12-14,16-17H2,1-3H3,(H,29,34)/t20-,23+,24+/m0/s1. The molecule has 3 aliphatic heterocycles. The van der Waals surface area contributed by atoms with Crippen LogP contribution >= 0.6 is 0 Å². The Morgan fingerprint density at radius 2 is 1.88 bits per heavy atom. The van der Waals surface area contributed by atoms with Crippen molar-refractivity contribution in [2.24, 2.45) is 13.0 Å². The minimum Gasteiger partial charge on any atom is -0.378 e. The van der Waals surface area contributed by atoms with E-state index in [1.165, 1.54) is 17.8 Å². The second-order valence-corrected chi connectivity index (χ2v) is 9.78. The van der Waals surface area contributed by atoms with Crippen LogP contribution in [0.15, 0.2) is 54.6 Å². The van der Waals surface area contributed by atoms with Gasteiger partial charge in [-0.3, -0.25) is 14.4 Å². The lowest BCUT2D eigenvalue weighted by molar-refractivity contribution is 0.0280. The van der Waals surface area contributed by atoms with Crippen molar-refractivity contribution in [1.29, 1.82) is 0 Å². The van der Waals surface area contributed by atoms with Gasteiger partial charge in [-0.1, -0.05) is 0 Å². The van der Waals surface area contributed by atoms with Crippen LogP contribution in [0, 0.1) is 11.7 Å². The third-order valence-electron chi connectivity index (χ3n) is 7.46. The summed E-state index contributed by atoms with van der Waals surface area (Å²) < 4.78 is 15.3. The molecule has 1 N–H and O–H groups in total. The van der Waals surface area contributed by atoms with E-state index in [2.05, 4.69) is 16.3 Å². The maximum atomic E-state index is 13.3. The van der Waals surface area contributed by atoms with Crippen molar-refractivity contribution >= 4 is 11.6 Å². The van der Waals surface area contributed by atoms with E-state index in [4.69, 9.17) is 5.10 Å². The number of piperidine rings is 3. The van der Waals surface area contributed by atoms with Gasteiger partial charge in [0.05, 0.1) is 5.69 Å². The van der Waals surface area contributed by atoms with Crippen molar-refractivity contribution in [3.63, 3.8) is 0 Å². The number of aryl methyl sites for hydroxylation is 1. The first-order chi connectivity index (χ1) is 16.4. The molecule has 1 aromatic heterocycles. The Morgan fingerprint density at radius 3 is 2.53 bits per heavy atom. The van der Waals surface area contributed by atoms with Gasteiger partial charge in [0.1, 0.15) is 5.82 Å². The highest BCUT2D eigenvalue weighted by Crippen LogP contribution is 2.42. The molecular weight excluding hydrogens is 429 g/mol. The monoisotopic (exact) mass is 461 g/mol. The van der Waals surface area contributed by atoms with Crippen LogP contribution in [-0.4, -0.2) is 60.4 Å². The Labute approximate surface area is 200 Å². The average molecular weight is 462 g/mol. The summed E-state index contributed by atoms with van der Waals surface area (Å²) in [6.45, 7) is 2.72. The topological polar surface area (TPSA) is 53.4 Å². The van der Waals surface area contributed by atoms with Crippen LogP contribution in [0.5, 0.6) is 0 Å². The van der Waals surface area contributed by atoms with Gasteiger partial charge < -0.3 is 10.2 Å². The van der Waals surface area contributed by atoms with Gasteiger partial charge in [-0.2, -0.15) is 5.10 Å². The first-order valence-corrected chi connectivity index (χ1v) is 12.0. The lowest BCUT2D eigenvalue weighted by atomic mass is 9.74. The zero-order valence-electron chi connectivity index (χ0n) is 20.0. The van der Waals surface area contributed by atoms with E-state index in [9.17, 15) is 9.18 Å². The maximum absolute atomic E-state index is 13.3. The molecule has 0 saturated carbocycles. The number of anilines is 1. The van der Waals surface area contributed by atoms with Crippen LogP contribution in [-0.2, 0) is 7.05 Å². The molecule has 2 bridgehead atoms. The number of hydrogen-bond acceptors (Lipinski definition) is 4. The summed E-state index contributed by atoms with van der Waals surface area (Å²) in [5.74, 6) is 0.745. The molecule has 2 aromatic carbocycles. The number of amides is 1. The van der Waals surface area contributed by atoms with Gasteiger partial charge >= 0.3 is 0 Å². The number of halogens is 1. The first kappa shape index (κ1) is 22.6. The van der Waals surface area contributed by atoms with E-state index in [-0.39, 0.29) is 11.7 Å². The fourth-order valence-electron chi connectivity index (χ4n) is 5.50. The second kappa shape index (κ2) is 9.22. The van der Waals surface area contributed by atoms with Crippen molar-refractivity contribution in [1.82, 2.24) is 20.0 Å². The number of hydrogen-bond donors (Lipinski definition) is 1. The molecule has 4 atom stereocenters. The number of benzene rings is 2. The van der Waals surface area contributed by atoms with E-state index in [0.29, 0.717) is 30.0 Å². The number of carbonyl (C=O) groups excluding carboxylic acids is 1. The van der Waals surface area contributed by atoms with Crippen LogP contribution in [0.3, 0.4) is 0 Å². The summed E-state index contributed by atoms with van der Waals surface area (Å²) in [7, 11) is 5.98. The van der Waals surface area contributed by atoms with Gasteiger partial charge in [-0.15, -0.1) is 0 Å². The summed E-state index contributed by atoms with van der Waals surface area (Å²) in [4.78, 5) is 17.2. The third-order valence-corrected chi connectivity index (χ3v) is 7.46. The molecule has 6 nitrogen and oxygen atoms in total. The van der Waals surface area contributed by atoms with Gasteiger partial charge in [-0.05, 0) is 79.9 Å². The number of nitrogens with zero attached hydrogens (tertiary/aromatic N) is 4. The largest absolute Gasteiger partial charge is 0.378 e. The van der Waals surface area contributed by atoms with Crippen LogP contribution in [0.1, 0.15) is 34.8 Å².